The molecule has 144 valence electrons. The molecule has 0 radical (unpaired) electrons. The van der Waals surface area contributed by atoms with Crippen LogP contribution in [0.4, 0.5) is 15.8 Å². The van der Waals surface area contributed by atoms with Gasteiger partial charge in [0, 0.05) is 24.8 Å². The zero-order valence-corrected chi connectivity index (χ0v) is 15.5. The smallest absolute Gasteiger partial charge is 0.337 e. The van der Waals surface area contributed by atoms with Crippen LogP contribution in [-0.2, 0) is 4.74 Å². The van der Waals surface area contributed by atoms with E-state index in [0.29, 0.717) is 35.5 Å². The number of aromatic carboxylic acids is 1. The zero-order chi connectivity index (χ0) is 19.7. The average molecular weight is 380 g/mol. The molecule has 3 aromatic rings. The van der Waals surface area contributed by atoms with Gasteiger partial charge in [0.1, 0.15) is 5.82 Å². The number of carboxylic acids is 1. The highest BCUT2D eigenvalue weighted by Crippen LogP contribution is 2.38. The fourth-order valence-electron chi connectivity index (χ4n) is 3.72. The summed E-state index contributed by atoms with van der Waals surface area (Å²) in [5, 5.41) is 13.5. The van der Waals surface area contributed by atoms with Crippen LogP contribution in [0, 0.1) is 12.7 Å². The molecule has 0 atom stereocenters. The third-order valence-electron chi connectivity index (χ3n) is 5.19. The number of aryl methyl sites for hydroxylation is 1. The van der Waals surface area contributed by atoms with Crippen LogP contribution >= 0.6 is 0 Å². The predicted molar refractivity (Wildman–Crippen MR) is 106 cm³/mol. The van der Waals surface area contributed by atoms with Crippen LogP contribution in [0.5, 0.6) is 0 Å². The van der Waals surface area contributed by atoms with Gasteiger partial charge in [-0.25, -0.2) is 9.18 Å². The molecule has 6 heteroatoms. The van der Waals surface area contributed by atoms with Crippen molar-refractivity contribution >= 4 is 28.2 Å². The molecule has 1 aliphatic heterocycles. The SMILES string of the molecule is Cc1ccc(Nc2c(C3CCOCC3)cnc3ccc(F)cc23)c(C(=O)O)c1. The molecule has 0 spiro atoms. The molecule has 2 heterocycles. The van der Waals surface area contributed by atoms with Crippen LogP contribution in [-0.4, -0.2) is 29.3 Å². The molecule has 5 nitrogen and oxygen atoms in total. The number of ether oxygens (including phenoxy) is 1. The summed E-state index contributed by atoms with van der Waals surface area (Å²) in [5.74, 6) is -1.15. The number of rotatable bonds is 4. The third-order valence-corrected chi connectivity index (χ3v) is 5.19. The largest absolute Gasteiger partial charge is 0.478 e. The van der Waals surface area contributed by atoms with Crippen LogP contribution in [0.2, 0.25) is 0 Å². The Labute approximate surface area is 162 Å². The number of hydrogen-bond acceptors (Lipinski definition) is 4. The van der Waals surface area contributed by atoms with Crippen molar-refractivity contribution in [2.75, 3.05) is 18.5 Å². The fourth-order valence-corrected chi connectivity index (χ4v) is 3.72. The molecule has 1 aromatic heterocycles. The lowest BCUT2D eigenvalue weighted by Gasteiger charge is -2.26. The van der Waals surface area contributed by atoms with Gasteiger partial charge >= 0.3 is 5.97 Å². The Morgan fingerprint density at radius 3 is 2.75 bits per heavy atom. The molecule has 0 unspecified atom stereocenters. The van der Waals surface area contributed by atoms with E-state index >= 15 is 0 Å². The van der Waals surface area contributed by atoms with E-state index in [1.165, 1.54) is 12.1 Å². The van der Waals surface area contributed by atoms with E-state index in [1.807, 2.05) is 19.2 Å². The number of nitrogens with one attached hydrogen (secondary N) is 1. The number of hydrogen-bond donors (Lipinski definition) is 2. The molecule has 1 saturated heterocycles. The fraction of sp³-hybridized carbons (Fsp3) is 0.273. The van der Waals surface area contributed by atoms with Gasteiger partial charge in [-0.1, -0.05) is 11.6 Å². The van der Waals surface area contributed by atoms with E-state index in [2.05, 4.69) is 10.3 Å². The first-order valence-electron chi connectivity index (χ1n) is 9.30. The Morgan fingerprint density at radius 2 is 2.00 bits per heavy atom. The number of anilines is 2. The minimum Gasteiger partial charge on any atom is -0.478 e. The number of halogens is 1. The quantitative estimate of drug-likeness (QED) is 0.665. The third kappa shape index (κ3) is 3.55. The minimum atomic E-state index is -1.01. The highest BCUT2D eigenvalue weighted by Gasteiger charge is 2.22. The van der Waals surface area contributed by atoms with Gasteiger partial charge in [0.05, 0.1) is 22.5 Å². The summed E-state index contributed by atoms with van der Waals surface area (Å²) in [4.78, 5) is 16.2. The topological polar surface area (TPSA) is 71.5 Å². The van der Waals surface area contributed by atoms with Gasteiger partial charge in [0.2, 0.25) is 0 Å². The summed E-state index contributed by atoms with van der Waals surface area (Å²) < 4.78 is 19.5. The van der Waals surface area contributed by atoms with Crippen LogP contribution in [0.15, 0.2) is 42.6 Å². The average Bonchev–Trinajstić information content (AvgIpc) is 2.70. The molecule has 0 amide bonds. The van der Waals surface area contributed by atoms with Crippen molar-refractivity contribution in [3.8, 4) is 0 Å². The first kappa shape index (κ1) is 18.4. The number of pyridine rings is 1. The van der Waals surface area contributed by atoms with Gasteiger partial charge < -0.3 is 15.2 Å². The van der Waals surface area contributed by atoms with E-state index in [1.54, 1.807) is 18.2 Å². The minimum absolute atomic E-state index is 0.180. The summed E-state index contributed by atoms with van der Waals surface area (Å²) in [7, 11) is 0. The molecule has 2 aromatic carbocycles. The predicted octanol–water partition coefficient (Wildman–Crippen LogP) is 5.02. The van der Waals surface area contributed by atoms with E-state index in [0.717, 1.165) is 24.0 Å². The Hall–Kier alpha value is -2.99. The van der Waals surface area contributed by atoms with Gasteiger partial charge in [-0.05, 0) is 61.6 Å². The monoisotopic (exact) mass is 380 g/mol. The number of carboxylic acid groups (broad SMARTS) is 1. The summed E-state index contributed by atoms with van der Waals surface area (Å²) in [6, 6.07) is 9.69. The van der Waals surface area contributed by atoms with Gasteiger partial charge in [0.15, 0.2) is 0 Å². The number of aromatic nitrogens is 1. The normalized spacial score (nSPS) is 14.9. The molecule has 2 N–H and O–H groups in total. The second kappa shape index (κ2) is 7.56. The summed E-state index contributed by atoms with van der Waals surface area (Å²) in [6.45, 7) is 3.17. The molecule has 4 rings (SSSR count). The Bertz CT molecular complexity index is 1050. The molecular formula is C22H21FN2O3. The lowest BCUT2D eigenvalue weighted by Crippen LogP contribution is -2.16. The summed E-state index contributed by atoms with van der Waals surface area (Å²) in [5.41, 5.74) is 3.84. The van der Waals surface area contributed by atoms with Crippen molar-refractivity contribution in [3.63, 3.8) is 0 Å². The van der Waals surface area contributed by atoms with Crippen LogP contribution < -0.4 is 5.32 Å². The Morgan fingerprint density at radius 1 is 1.21 bits per heavy atom. The van der Waals surface area contributed by atoms with Crippen molar-refractivity contribution in [3.05, 3.63) is 65.1 Å². The van der Waals surface area contributed by atoms with Crippen molar-refractivity contribution in [1.82, 2.24) is 4.98 Å². The number of nitrogens with zero attached hydrogens (tertiary/aromatic N) is 1. The van der Waals surface area contributed by atoms with Crippen LogP contribution in [0.3, 0.4) is 0 Å². The molecule has 1 fully saturated rings. The highest BCUT2D eigenvalue weighted by atomic mass is 19.1. The molecule has 28 heavy (non-hydrogen) atoms. The van der Waals surface area contributed by atoms with E-state index in [-0.39, 0.29) is 17.3 Å². The van der Waals surface area contributed by atoms with Gasteiger partial charge in [0.25, 0.3) is 0 Å². The van der Waals surface area contributed by atoms with E-state index in [4.69, 9.17) is 4.74 Å². The maximum Gasteiger partial charge on any atom is 0.337 e. The summed E-state index contributed by atoms with van der Waals surface area (Å²) >= 11 is 0. The first-order valence-corrected chi connectivity index (χ1v) is 9.30. The lowest BCUT2D eigenvalue weighted by molar-refractivity contribution is 0.0698. The Balaban J connectivity index is 1.88. The first-order chi connectivity index (χ1) is 13.5. The van der Waals surface area contributed by atoms with Crippen LogP contribution in [0.25, 0.3) is 10.9 Å². The van der Waals surface area contributed by atoms with E-state index in [9.17, 15) is 14.3 Å². The summed E-state index contributed by atoms with van der Waals surface area (Å²) in [6.07, 6.45) is 3.50. The van der Waals surface area contributed by atoms with Crippen molar-refractivity contribution < 1.29 is 19.0 Å². The molecule has 0 aliphatic carbocycles. The molecule has 0 bridgehead atoms. The second-order valence-electron chi connectivity index (χ2n) is 7.12. The standard InChI is InChI=1S/C22H21FN2O3/c1-13-2-4-20(17(10-13)22(26)27)25-21-16-11-15(23)3-5-19(16)24-12-18(21)14-6-8-28-9-7-14/h2-5,10-12,14H,6-9H2,1H3,(H,24,25)(H,26,27). The molecule has 1 aliphatic rings. The Kier molecular flexibility index (Phi) is 4.96. The molecular weight excluding hydrogens is 359 g/mol. The van der Waals surface area contributed by atoms with Crippen LogP contribution in [0.1, 0.15) is 40.2 Å². The van der Waals surface area contributed by atoms with E-state index < -0.39 is 5.97 Å². The van der Waals surface area contributed by atoms with Gasteiger partial charge in [-0.15, -0.1) is 0 Å². The second-order valence-corrected chi connectivity index (χ2v) is 7.12. The number of benzene rings is 2. The van der Waals surface area contributed by atoms with Crippen molar-refractivity contribution in [1.29, 1.82) is 0 Å². The van der Waals surface area contributed by atoms with Crippen molar-refractivity contribution in [2.24, 2.45) is 0 Å². The molecule has 0 saturated carbocycles. The van der Waals surface area contributed by atoms with Crippen molar-refractivity contribution in [2.45, 2.75) is 25.7 Å². The van der Waals surface area contributed by atoms with Gasteiger partial charge in [-0.2, -0.15) is 0 Å². The maximum absolute atomic E-state index is 14.0. The zero-order valence-electron chi connectivity index (χ0n) is 15.5. The number of fused-ring (bicyclic) bond motifs is 1. The number of carbonyl (C=O) groups is 1. The maximum atomic E-state index is 14.0. The highest BCUT2D eigenvalue weighted by molar-refractivity contribution is 5.99. The lowest BCUT2D eigenvalue weighted by atomic mass is 9.90. The van der Waals surface area contributed by atoms with Gasteiger partial charge in [-0.3, -0.25) is 4.98 Å².